The summed E-state index contributed by atoms with van der Waals surface area (Å²) in [5.74, 6) is 1.15. The van der Waals surface area contributed by atoms with Crippen LogP contribution in [0.15, 0.2) is 12.1 Å². The first-order chi connectivity index (χ1) is 8.20. The van der Waals surface area contributed by atoms with E-state index in [1.807, 2.05) is 6.92 Å². The molecule has 1 aliphatic rings. The molecule has 0 radical (unpaired) electrons. The van der Waals surface area contributed by atoms with Gasteiger partial charge in [0.1, 0.15) is 13.2 Å². The molecule has 0 atom stereocenters. The number of nitrogens with one attached hydrogen (secondary N) is 1. The van der Waals surface area contributed by atoms with Gasteiger partial charge in [-0.25, -0.2) is 0 Å². The number of fused-ring (bicyclic) bond motifs is 1. The lowest BCUT2D eigenvalue weighted by Gasteiger charge is -2.20. The number of ether oxygens (including phenoxy) is 2. The Morgan fingerprint density at radius 1 is 1.41 bits per heavy atom. The summed E-state index contributed by atoms with van der Waals surface area (Å²) < 4.78 is 10.8. The second kappa shape index (κ2) is 5.27. The van der Waals surface area contributed by atoms with Gasteiger partial charge in [0.2, 0.25) is 5.91 Å². The minimum absolute atomic E-state index is 0.0276. The van der Waals surface area contributed by atoms with Crippen LogP contribution in [0.5, 0.6) is 11.5 Å². The van der Waals surface area contributed by atoms with Crippen molar-refractivity contribution in [1.29, 1.82) is 0 Å². The van der Waals surface area contributed by atoms with Gasteiger partial charge in [-0.2, -0.15) is 0 Å². The molecular formula is C12H14ClNO3. The van der Waals surface area contributed by atoms with E-state index in [0.717, 1.165) is 5.56 Å². The summed E-state index contributed by atoms with van der Waals surface area (Å²) in [6.07, 6.45) is 0.296. The fourth-order valence-corrected chi connectivity index (χ4v) is 2.00. The molecule has 5 heteroatoms. The first-order valence-electron chi connectivity index (χ1n) is 5.55. The van der Waals surface area contributed by atoms with E-state index in [-0.39, 0.29) is 5.91 Å². The molecule has 4 nitrogen and oxygen atoms in total. The third-order valence-corrected chi connectivity index (χ3v) is 2.68. The van der Waals surface area contributed by atoms with Crippen LogP contribution in [0.1, 0.15) is 12.5 Å². The Morgan fingerprint density at radius 2 is 2.18 bits per heavy atom. The minimum atomic E-state index is -0.0276. The van der Waals surface area contributed by atoms with Crippen molar-refractivity contribution in [1.82, 2.24) is 5.32 Å². The summed E-state index contributed by atoms with van der Waals surface area (Å²) in [6.45, 7) is 3.52. The van der Waals surface area contributed by atoms with Gasteiger partial charge in [-0.3, -0.25) is 4.79 Å². The maximum Gasteiger partial charge on any atom is 0.224 e. The summed E-state index contributed by atoms with van der Waals surface area (Å²) in [5.41, 5.74) is 0.824. The number of halogens is 1. The monoisotopic (exact) mass is 255 g/mol. The maximum absolute atomic E-state index is 11.5. The van der Waals surface area contributed by atoms with Crippen LogP contribution in [0.4, 0.5) is 0 Å². The van der Waals surface area contributed by atoms with Crippen LogP contribution in [0.2, 0.25) is 5.02 Å². The highest BCUT2D eigenvalue weighted by atomic mass is 35.5. The van der Waals surface area contributed by atoms with Gasteiger partial charge in [-0.15, -0.1) is 0 Å². The average Bonchev–Trinajstić information content (AvgIpc) is 2.29. The van der Waals surface area contributed by atoms with Crippen molar-refractivity contribution >= 4 is 17.5 Å². The maximum atomic E-state index is 11.5. The van der Waals surface area contributed by atoms with Crippen LogP contribution in [-0.2, 0) is 11.2 Å². The summed E-state index contributed by atoms with van der Waals surface area (Å²) in [4.78, 5) is 11.5. The number of rotatable bonds is 3. The summed E-state index contributed by atoms with van der Waals surface area (Å²) in [5, 5.41) is 3.23. The molecule has 1 aromatic carbocycles. The molecule has 0 unspecified atom stereocenters. The fraction of sp³-hybridized carbons (Fsp3) is 0.417. The third kappa shape index (κ3) is 2.82. The lowest BCUT2D eigenvalue weighted by atomic mass is 10.1. The zero-order valence-corrected chi connectivity index (χ0v) is 10.3. The third-order valence-electron chi connectivity index (χ3n) is 2.40. The van der Waals surface area contributed by atoms with Crippen LogP contribution in [0.25, 0.3) is 0 Å². The number of likely N-dealkylation sites (N-methyl/N-ethyl adjacent to an activating group) is 1. The second-order valence-electron chi connectivity index (χ2n) is 3.73. The molecule has 0 spiro atoms. The van der Waals surface area contributed by atoms with E-state index in [1.54, 1.807) is 12.1 Å². The zero-order valence-electron chi connectivity index (χ0n) is 9.59. The van der Waals surface area contributed by atoms with Gasteiger partial charge < -0.3 is 14.8 Å². The van der Waals surface area contributed by atoms with Crippen molar-refractivity contribution in [3.63, 3.8) is 0 Å². The molecular weight excluding hydrogens is 242 g/mol. The van der Waals surface area contributed by atoms with Crippen molar-refractivity contribution < 1.29 is 14.3 Å². The van der Waals surface area contributed by atoms with E-state index >= 15 is 0 Å². The van der Waals surface area contributed by atoms with E-state index in [1.165, 1.54) is 0 Å². The van der Waals surface area contributed by atoms with E-state index in [4.69, 9.17) is 21.1 Å². The van der Waals surface area contributed by atoms with Gasteiger partial charge in [-0.1, -0.05) is 11.6 Å². The highest BCUT2D eigenvalue weighted by Crippen LogP contribution is 2.38. The highest BCUT2D eigenvalue weighted by molar-refractivity contribution is 6.32. The number of benzene rings is 1. The number of amides is 1. The van der Waals surface area contributed by atoms with E-state index in [9.17, 15) is 4.79 Å². The van der Waals surface area contributed by atoms with Gasteiger partial charge in [0, 0.05) is 6.54 Å². The van der Waals surface area contributed by atoms with Crippen molar-refractivity contribution in [3.05, 3.63) is 22.7 Å². The standard InChI is InChI=1S/C12H14ClNO3/c1-2-14-11(15)7-8-5-9(13)12-10(6-8)16-3-4-17-12/h5-6H,2-4,7H2,1H3,(H,14,15). The quantitative estimate of drug-likeness (QED) is 0.896. The molecule has 0 fully saturated rings. The molecule has 0 saturated heterocycles. The molecule has 1 heterocycles. The lowest BCUT2D eigenvalue weighted by molar-refractivity contribution is -0.120. The van der Waals surface area contributed by atoms with Gasteiger partial charge in [0.05, 0.1) is 11.4 Å². The Hall–Kier alpha value is -1.42. The molecule has 1 aliphatic heterocycles. The molecule has 0 bridgehead atoms. The molecule has 0 aliphatic carbocycles. The van der Waals surface area contributed by atoms with Crippen molar-refractivity contribution in [2.75, 3.05) is 19.8 Å². The van der Waals surface area contributed by atoms with Gasteiger partial charge in [-0.05, 0) is 24.6 Å². The average molecular weight is 256 g/mol. The Morgan fingerprint density at radius 3 is 2.94 bits per heavy atom. The SMILES string of the molecule is CCNC(=O)Cc1cc(Cl)c2c(c1)OCCO2. The number of hydrogen-bond donors (Lipinski definition) is 1. The van der Waals surface area contributed by atoms with Crippen molar-refractivity contribution in [2.45, 2.75) is 13.3 Å². The fourth-order valence-electron chi connectivity index (χ4n) is 1.71. The first kappa shape index (κ1) is 12.0. The Balaban J connectivity index is 2.19. The number of carbonyl (C=O) groups excluding carboxylic acids is 1. The van der Waals surface area contributed by atoms with Crippen LogP contribution in [0, 0.1) is 0 Å². The predicted molar refractivity (Wildman–Crippen MR) is 64.8 cm³/mol. The molecule has 2 rings (SSSR count). The van der Waals surface area contributed by atoms with E-state index < -0.39 is 0 Å². The number of hydrogen-bond acceptors (Lipinski definition) is 3. The predicted octanol–water partition coefficient (Wildman–Crippen LogP) is 1.79. The van der Waals surface area contributed by atoms with Gasteiger partial charge in [0.15, 0.2) is 11.5 Å². The topological polar surface area (TPSA) is 47.6 Å². The molecule has 92 valence electrons. The summed E-state index contributed by atoms with van der Waals surface area (Å²) in [7, 11) is 0. The Kier molecular flexibility index (Phi) is 3.74. The molecule has 0 aromatic heterocycles. The van der Waals surface area contributed by atoms with E-state index in [2.05, 4.69) is 5.32 Å². The molecule has 0 saturated carbocycles. The van der Waals surface area contributed by atoms with Gasteiger partial charge in [0.25, 0.3) is 0 Å². The van der Waals surface area contributed by atoms with Crippen LogP contribution in [-0.4, -0.2) is 25.7 Å². The smallest absolute Gasteiger partial charge is 0.224 e. The highest BCUT2D eigenvalue weighted by Gasteiger charge is 2.17. The summed E-state index contributed by atoms with van der Waals surface area (Å²) >= 11 is 6.07. The van der Waals surface area contributed by atoms with Crippen LogP contribution in [0.3, 0.4) is 0 Å². The molecule has 1 aromatic rings. The Bertz CT molecular complexity index is 434. The van der Waals surface area contributed by atoms with Crippen LogP contribution < -0.4 is 14.8 Å². The molecule has 1 N–H and O–H groups in total. The van der Waals surface area contributed by atoms with E-state index in [0.29, 0.717) is 42.7 Å². The largest absolute Gasteiger partial charge is 0.486 e. The van der Waals surface area contributed by atoms with Crippen molar-refractivity contribution in [3.8, 4) is 11.5 Å². The Labute approximate surface area is 105 Å². The van der Waals surface area contributed by atoms with Gasteiger partial charge >= 0.3 is 0 Å². The molecule has 17 heavy (non-hydrogen) atoms. The zero-order chi connectivity index (χ0) is 12.3. The number of carbonyl (C=O) groups is 1. The first-order valence-corrected chi connectivity index (χ1v) is 5.93. The second-order valence-corrected chi connectivity index (χ2v) is 4.14. The van der Waals surface area contributed by atoms with Crippen LogP contribution >= 0.6 is 11.6 Å². The molecule has 1 amide bonds. The summed E-state index contributed by atoms with van der Waals surface area (Å²) in [6, 6.07) is 3.54. The minimum Gasteiger partial charge on any atom is -0.486 e. The normalized spacial score (nSPS) is 13.3. The van der Waals surface area contributed by atoms with Crippen molar-refractivity contribution in [2.24, 2.45) is 0 Å². The lowest BCUT2D eigenvalue weighted by Crippen LogP contribution is -2.24.